The Labute approximate surface area is 85.5 Å². The predicted molar refractivity (Wildman–Crippen MR) is 55.9 cm³/mol. The van der Waals surface area contributed by atoms with Gasteiger partial charge in [-0.2, -0.15) is 0 Å². The van der Waals surface area contributed by atoms with Gasteiger partial charge in [0.15, 0.2) is 0 Å². The molecule has 0 spiro atoms. The van der Waals surface area contributed by atoms with Crippen molar-refractivity contribution in [3.05, 3.63) is 0 Å². The van der Waals surface area contributed by atoms with Gasteiger partial charge in [0, 0.05) is 38.6 Å². The average molecular weight is 200 g/mol. The predicted octanol–water partition coefficient (Wildman–Crippen LogP) is 1.19. The molecule has 0 aromatic carbocycles. The number of oxime groups is 1. The van der Waals surface area contributed by atoms with Crippen LogP contribution in [0.4, 0.5) is 0 Å². The van der Waals surface area contributed by atoms with Crippen molar-refractivity contribution in [3.63, 3.8) is 0 Å². The van der Waals surface area contributed by atoms with Gasteiger partial charge in [-0.15, -0.1) is 0 Å². The minimum absolute atomic E-state index is 0.371. The van der Waals surface area contributed by atoms with E-state index in [1.807, 2.05) is 6.92 Å². The number of likely N-dealkylation sites (tertiary alicyclic amines) is 1. The van der Waals surface area contributed by atoms with Gasteiger partial charge in [0.2, 0.25) is 0 Å². The van der Waals surface area contributed by atoms with Crippen LogP contribution in [0.3, 0.4) is 0 Å². The molecule has 0 bridgehead atoms. The van der Waals surface area contributed by atoms with Gasteiger partial charge in [-0.25, -0.2) is 0 Å². The van der Waals surface area contributed by atoms with Crippen LogP contribution < -0.4 is 0 Å². The molecule has 1 rings (SSSR count). The van der Waals surface area contributed by atoms with Crippen molar-refractivity contribution in [3.8, 4) is 0 Å². The maximum Gasteiger partial charge on any atom is 0.0624 e. The van der Waals surface area contributed by atoms with Crippen molar-refractivity contribution < 1.29 is 9.94 Å². The lowest BCUT2D eigenvalue weighted by atomic mass is 9.98. The second-order valence-electron chi connectivity index (χ2n) is 3.74. The Bertz CT molecular complexity index is 195. The highest BCUT2D eigenvalue weighted by atomic mass is 16.5. The fourth-order valence-corrected chi connectivity index (χ4v) is 1.79. The van der Waals surface area contributed by atoms with Gasteiger partial charge in [0.25, 0.3) is 0 Å². The fourth-order valence-electron chi connectivity index (χ4n) is 1.79. The van der Waals surface area contributed by atoms with Crippen LogP contribution in [0.25, 0.3) is 0 Å². The van der Waals surface area contributed by atoms with E-state index in [0.29, 0.717) is 5.92 Å². The van der Waals surface area contributed by atoms with Gasteiger partial charge in [0.1, 0.15) is 0 Å². The van der Waals surface area contributed by atoms with E-state index in [1.165, 1.54) is 0 Å². The number of piperidine rings is 1. The zero-order valence-corrected chi connectivity index (χ0v) is 9.07. The summed E-state index contributed by atoms with van der Waals surface area (Å²) in [6, 6.07) is 0. The average Bonchev–Trinajstić information content (AvgIpc) is 2.18. The molecule has 4 nitrogen and oxygen atoms in total. The van der Waals surface area contributed by atoms with Gasteiger partial charge in [0.05, 0.1) is 12.3 Å². The lowest BCUT2D eigenvalue weighted by Crippen LogP contribution is -2.41. The van der Waals surface area contributed by atoms with Crippen molar-refractivity contribution in [1.82, 2.24) is 4.90 Å². The third kappa shape index (κ3) is 3.27. The molecule has 0 aliphatic carbocycles. The van der Waals surface area contributed by atoms with E-state index in [4.69, 9.17) is 9.94 Å². The van der Waals surface area contributed by atoms with Crippen molar-refractivity contribution in [1.29, 1.82) is 0 Å². The molecule has 1 atom stereocenters. The van der Waals surface area contributed by atoms with Gasteiger partial charge < -0.3 is 14.8 Å². The van der Waals surface area contributed by atoms with Crippen LogP contribution in [-0.2, 0) is 4.74 Å². The van der Waals surface area contributed by atoms with E-state index in [-0.39, 0.29) is 0 Å². The Hall–Kier alpha value is -0.610. The van der Waals surface area contributed by atoms with Gasteiger partial charge in [-0.3, -0.25) is 0 Å². The summed E-state index contributed by atoms with van der Waals surface area (Å²) in [6.45, 7) is 8.64. The van der Waals surface area contributed by atoms with E-state index in [2.05, 4.69) is 17.0 Å². The summed E-state index contributed by atoms with van der Waals surface area (Å²) in [4.78, 5) is 2.36. The molecule has 1 aliphatic heterocycles. The molecule has 1 N–H and O–H groups in total. The smallest absolute Gasteiger partial charge is 0.0624 e. The normalized spacial score (nSPS) is 27.0. The van der Waals surface area contributed by atoms with Crippen LogP contribution in [0.5, 0.6) is 0 Å². The molecule has 1 saturated heterocycles. The van der Waals surface area contributed by atoms with E-state index in [0.717, 1.165) is 45.0 Å². The monoisotopic (exact) mass is 200 g/mol. The minimum atomic E-state index is 0.371. The highest BCUT2D eigenvalue weighted by Gasteiger charge is 2.21. The first-order valence-electron chi connectivity index (χ1n) is 5.28. The molecule has 0 amide bonds. The fraction of sp³-hybridized carbons (Fsp3) is 0.900. The SMILES string of the molecule is CCOCCN1CCC(=NO)C(C)C1. The van der Waals surface area contributed by atoms with Crippen molar-refractivity contribution >= 4 is 5.71 Å². The number of hydrogen-bond acceptors (Lipinski definition) is 4. The van der Waals surface area contributed by atoms with Crippen LogP contribution in [0.15, 0.2) is 5.16 Å². The maximum atomic E-state index is 8.71. The van der Waals surface area contributed by atoms with Crippen molar-refractivity contribution in [2.75, 3.05) is 32.8 Å². The first-order valence-corrected chi connectivity index (χ1v) is 5.28. The number of rotatable bonds is 4. The number of hydrogen-bond donors (Lipinski definition) is 1. The molecule has 1 fully saturated rings. The standard InChI is InChI=1S/C10H20N2O2/c1-3-14-7-6-12-5-4-10(11-13)9(2)8-12/h9,13H,3-8H2,1-2H3. The number of ether oxygens (including phenoxy) is 1. The molecule has 0 radical (unpaired) electrons. The molecular weight excluding hydrogens is 180 g/mol. The lowest BCUT2D eigenvalue weighted by molar-refractivity contribution is 0.108. The second kappa shape index (κ2) is 5.98. The summed E-state index contributed by atoms with van der Waals surface area (Å²) < 4.78 is 5.30. The zero-order chi connectivity index (χ0) is 10.4. The zero-order valence-electron chi connectivity index (χ0n) is 9.07. The second-order valence-corrected chi connectivity index (χ2v) is 3.74. The Morgan fingerprint density at radius 1 is 1.64 bits per heavy atom. The van der Waals surface area contributed by atoms with Crippen LogP contribution in [-0.4, -0.2) is 48.7 Å². The summed E-state index contributed by atoms with van der Waals surface area (Å²) in [7, 11) is 0. The van der Waals surface area contributed by atoms with Crippen LogP contribution in [0, 0.1) is 5.92 Å². The van der Waals surface area contributed by atoms with Crippen LogP contribution in [0.1, 0.15) is 20.3 Å². The summed E-state index contributed by atoms with van der Waals surface area (Å²) in [6.07, 6.45) is 0.879. The Morgan fingerprint density at radius 3 is 3.00 bits per heavy atom. The molecule has 0 aromatic rings. The van der Waals surface area contributed by atoms with Crippen LogP contribution in [0.2, 0.25) is 0 Å². The topological polar surface area (TPSA) is 45.1 Å². The van der Waals surface area contributed by atoms with E-state index in [9.17, 15) is 0 Å². The summed E-state index contributed by atoms with van der Waals surface area (Å²) >= 11 is 0. The van der Waals surface area contributed by atoms with Gasteiger partial charge in [-0.1, -0.05) is 12.1 Å². The van der Waals surface area contributed by atoms with Gasteiger partial charge >= 0.3 is 0 Å². The lowest BCUT2D eigenvalue weighted by Gasteiger charge is -2.31. The Kier molecular flexibility index (Phi) is 4.90. The highest BCUT2D eigenvalue weighted by molar-refractivity contribution is 5.86. The van der Waals surface area contributed by atoms with Crippen molar-refractivity contribution in [2.24, 2.45) is 11.1 Å². The maximum absolute atomic E-state index is 8.71. The van der Waals surface area contributed by atoms with E-state index in [1.54, 1.807) is 0 Å². The summed E-state index contributed by atoms with van der Waals surface area (Å²) in [5, 5.41) is 12.0. The van der Waals surface area contributed by atoms with E-state index >= 15 is 0 Å². The molecule has 0 saturated carbocycles. The largest absolute Gasteiger partial charge is 0.411 e. The molecule has 1 heterocycles. The summed E-state index contributed by atoms with van der Waals surface area (Å²) in [5.41, 5.74) is 0.928. The minimum Gasteiger partial charge on any atom is -0.411 e. The Morgan fingerprint density at radius 2 is 2.43 bits per heavy atom. The molecule has 82 valence electrons. The molecule has 0 aromatic heterocycles. The Balaban J connectivity index is 2.25. The summed E-state index contributed by atoms with van der Waals surface area (Å²) in [5.74, 6) is 0.371. The van der Waals surface area contributed by atoms with Crippen molar-refractivity contribution in [2.45, 2.75) is 20.3 Å². The third-order valence-electron chi connectivity index (χ3n) is 2.67. The molecular formula is C10H20N2O2. The first-order chi connectivity index (χ1) is 6.77. The molecule has 14 heavy (non-hydrogen) atoms. The van der Waals surface area contributed by atoms with Crippen LogP contribution >= 0.6 is 0 Å². The van der Waals surface area contributed by atoms with Gasteiger partial charge in [-0.05, 0) is 6.92 Å². The van der Waals surface area contributed by atoms with E-state index < -0.39 is 0 Å². The quantitative estimate of drug-likeness (QED) is 0.421. The molecule has 1 unspecified atom stereocenters. The molecule has 4 heteroatoms. The number of nitrogens with zero attached hydrogens (tertiary/aromatic N) is 2. The molecule has 1 aliphatic rings. The highest BCUT2D eigenvalue weighted by Crippen LogP contribution is 2.13. The first kappa shape index (κ1) is 11.5. The third-order valence-corrected chi connectivity index (χ3v) is 2.67.